The lowest BCUT2D eigenvalue weighted by atomic mass is 10.2. The second-order valence-electron chi connectivity index (χ2n) is 4.83. The van der Waals surface area contributed by atoms with Gasteiger partial charge in [0.25, 0.3) is 0 Å². The van der Waals surface area contributed by atoms with Crippen molar-refractivity contribution in [3.05, 3.63) is 23.8 Å². The van der Waals surface area contributed by atoms with Crippen LogP contribution in [0.1, 0.15) is 23.2 Å². The predicted molar refractivity (Wildman–Crippen MR) is 76.2 cm³/mol. The summed E-state index contributed by atoms with van der Waals surface area (Å²) in [6.45, 7) is 0.861. The van der Waals surface area contributed by atoms with Crippen molar-refractivity contribution >= 4 is 33.2 Å². The first-order valence-corrected chi connectivity index (χ1v) is 7.83. The molecule has 1 aromatic heterocycles. The minimum Gasteiger partial charge on any atom is -0.478 e. The summed E-state index contributed by atoms with van der Waals surface area (Å²) in [5.41, 5.74) is 5.91. The molecule has 1 fully saturated rings. The summed E-state index contributed by atoms with van der Waals surface area (Å²) in [7, 11) is -3.83. The minimum atomic E-state index is -3.83. The highest BCUT2D eigenvalue weighted by molar-refractivity contribution is 7.87. The Balaban J connectivity index is 2.26. The Bertz CT molecular complexity index is 821. The Labute approximate surface area is 121 Å². The zero-order valence-corrected chi connectivity index (χ0v) is 11.9. The lowest BCUT2D eigenvalue weighted by Gasteiger charge is -2.17. The number of nitrogen functional groups attached to an aromatic ring is 1. The van der Waals surface area contributed by atoms with E-state index in [0.29, 0.717) is 13.1 Å². The molecule has 0 saturated carbocycles. The number of hydrogen-bond donors (Lipinski definition) is 2. The number of carboxylic acid groups (broad SMARTS) is 1. The zero-order chi connectivity index (χ0) is 15.2. The molecule has 1 aliphatic heterocycles. The maximum absolute atomic E-state index is 12.6. The third-order valence-electron chi connectivity index (χ3n) is 3.52. The van der Waals surface area contributed by atoms with Crippen molar-refractivity contribution in [2.45, 2.75) is 12.8 Å². The maximum Gasteiger partial charge on any atom is 0.337 e. The van der Waals surface area contributed by atoms with Gasteiger partial charge in [-0.3, -0.25) is 0 Å². The molecule has 9 heteroatoms. The van der Waals surface area contributed by atoms with E-state index in [1.807, 2.05) is 0 Å². The van der Waals surface area contributed by atoms with Crippen LogP contribution in [-0.2, 0) is 10.2 Å². The molecule has 0 spiro atoms. The number of hydrogen-bond acceptors (Lipinski definition) is 5. The molecule has 0 unspecified atom stereocenters. The van der Waals surface area contributed by atoms with Crippen LogP contribution in [0.15, 0.2) is 18.2 Å². The van der Waals surface area contributed by atoms with Gasteiger partial charge in [0.15, 0.2) is 0 Å². The molecule has 0 atom stereocenters. The molecule has 112 valence electrons. The van der Waals surface area contributed by atoms with Gasteiger partial charge in [-0.1, -0.05) is 6.07 Å². The van der Waals surface area contributed by atoms with Gasteiger partial charge in [0.1, 0.15) is 5.52 Å². The molecule has 8 nitrogen and oxygen atoms in total. The molecule has 3 N–H and O–H groups in total. The van der Waals surface area contributed by atoms with Gasteiger partial charge >= 0.3 is 16.2 Å². The van der Waals surface area contributed by atoms with Crippen molar-refractivity contribution in [3.63, 3.8) is 0 Å². The fourth-order valence-corrected chi connectivity index (χ4v) is 4.17. The highest BCUT2D eigenvalue weighted by Gasteiger charge is 2.31. The molecule has 0 bridgehead atoms. The van der Waals surface area contributed by atoms with E-state index in [2.05, 4.69) is 4.98 Å². The van der Waals surface area contributed by atoms with Crippen LogP contribution in [-0.4, -0.2) is 45.8 Å². The Morgan fingerprint density at radius 1 is 1.29 bits per heavy atom. The van der Waals surface area contributed by atoms with Gasteiger partial charge in [0.2, 0.25) is 5.95 Å². The number of benzene rings is 1. The smallest absolute Gasteiger partial charge is 0.337 e. The van der Waals surface area contributed by atoms with Crippen molar-refractivity contribution < 1.29 is 18.3 Å². The summed E-state index contributed by atoms with van der Waals surface area (Å²) in [6.07, 6.45) is 1.60. The molecule has 0 amide bonds. The van der Waals surface area contributed by atoms with Crippen LogP contribution in [0, 0.1) is 0 Å². The third-order valence-corrected chi connectivity index (χ3v) is 5.38. The highest BCUT2D eigenvalue weighted by atomic mass is 32.2. The van der Waals surface area contributed by atoms with Crippen molar-refractivity contribution in [3.8, 4) is 0 Å². The van der Waals surface area contributed by atoms with Crippen LogP contribution in [0.2, 0.25) is 0 Å². The first-order chi connectivity index (χ1) is 9.93. The zero-order valence-electron chi connectivity index (χ0n) is 11.1. The van der Waals surface area contributed by atoms with Crippen LogP contribution in [0.4, 0.5) is 5.95 Å². The number of para-hydroxylation sites is 1. The van der Waals surface area contributed by atoms with E-state index in [0.717, 1.165) is 16.8 Å². The normalized spacial score (nSPS) is 16.6. The molecule has 2 heterocycles. The van der Waals surface area contributed by atoms with Crippen LogP contribution < -0.4 is 5.73 Å². The quantitative estimate of drug-likeness (QED) is 0.852. The fourth-order valence-electron chi connectivity index (χ4n) is 2.55. The lowest BCUT2D eigenvalue weighted by Crippen LogP contribution is -2.33. The van der Waals surface area contributed by atoms with E-state index < -0.39 is 16.2 Å². The molecule has 0 radical (unpaired) electrons. The summed E-state index contributed by atoms with van der Waals surface area (Å²) < 4.78 is 27.5. The third kappa shape index (κ3) is 2.05. The lowest BCUT2D eigenvalue weighted by molar-refractivity contribution is 0.0699. The van der Waals surface area contributed by atoms with E-state index >= 15 is 0 Å². The van der Waals surface area contributed by atoms with Gasteiger partial charge in [0.05, 0.1) is 11.1 Å². The monoisotopic (exact) mass is 310 g/mol. The number of nitrogens with two attached hydrogens (primary N) is 1. The van der Waals surface area contributed by atoms with E-state index in [9.17, 15) is 13.2 Å². The summed E-state index contributed by atoms with van der Waals surface area (Å²) in [5.74, 6) is -1.41. The summed E-state index contributed by atoms with van der Waals surface area (Å²) in [4.78, 5) is 15.1. The highest BCUT2D eigenvalue weighted by Crippen LogP contribution is 2.26. The number of carboxylic acids is 1. The molecule has 3 rings (SSSR count). The Hall–Kier alpha value is -2.13. The van der Waals surface area contributed by atoms with Crippen LogP contribution in [0.3, 0.4) is 0 Å². The molecular formula is C12H14N4O4S. The van der Waals surface area contributed by atoms with Gasteiger partial charge < -0.3 is 10.8 Å². The van der Waals surface area contributed by atoms with Gasteiger partial charge in [-0.15, -0.1) is 0 Å². The SMILES string of the molecule is Nc1nc2c(C(=O)O)cccc2n1S(=O)(=O)N1CCCC1. The second kappa shape index (κ2) is 4.71. The first kappa shape index (κ1) is 13.8. The van der Waals surface area contributed by atoms with Gasteiger partial charge in [0, 0.05) is 13.1 Å². The maximum atomic E-state index is 12.6. The molecule has 2 aromatic rings. The van der Waals surface area contributed by atoms with Crippen LogP contribution >= 0.6 is 0 Å². The standard InChI is InChI=1S/C12H14N4O4S/c13-12-14-10-8(11(17)18)4-3-5-9(10)16(12)21(19,20)15-6-1-2-7-15/h3-5H,1-2,6-7H2,(H2,13,14)(H,17,18). The largest absolute Gasteiger partial charge is 0.478 e. The summed E-state index contributed by atoms with van der Waals surface area (Å²) in [6, 6.07) is 4.34. The summed E-state index contributed by atoms with van der Waals surface area (Å²) in [5, 5.41) is 9.15. The Morgan fingerprint density at radius 3 is 2.57 bits per heavy atom. The Kier molecular flexibility index (Phi) is 3.10. The number of rotatable bonds is 3. The number of nitrogens with zero attached hydrogens (tertiary/aromatic N) is 3. The minimum absolute atomic E-state index is 0.0743. The van der Waals surface area contributed by atoms with Crippen molar-refractivity contribution in [2.75, 3.05) is 18.8 Å². The number of fused-ring (bicyclic) bond motifs is 1. The predicted octanol–water partition coefficient (Wildman–Crippen LogP) is 0.505. The van der Waals surface area contributed by atoms with E-state index in [1.165, 1.54) is 22.5 Å². The topological polar surface area (TPSA) is 119 Å². The molecule has 1 saturated heterocycles. The molecule has 0 aliphatic carbocycles. The molecular weight excluding hydrogens is 296 g/mol. The van der Waals surface area contributed by atoms with Crippen LogP contribution in [0.25, 0.3) is 11.0 Å². The van der Waals surface area contributed by atoms with Gasteiger partial charge in [-0.2, -0.15) is 16.7 Å². The van der Waals surface area contributed by atoms with Crippen molar-refractivity contribution in [2.24, 2.45) is 0 Å². The Morgan fingerprint density at radius 2 is 1.95 bits per heavy atom. The van der Waals surface area contributed by atoms with Crippen LogP contribution in [0.5, 0.6) is 0 Å². The van der Waals surface area contributed by atoms with Gasteiger partial charge in [-0.05, 0) is 25.0 Å². The number of aromatic nitrogens is 2. The van der Waals surface area contributed by atoms with E-state index in [-0.39, 0.29) is 22.5 Å². The number of anilines is 1. The van der Waals surface area contributed by atoms with E-state index in [4.69, 9.17) is 10.8 Å². The van der Waals surface area contributed by atoms with E-state index in [1.54, 1.807) is 0 Å². The summed E-state index contributed by atoms with van der Waals surface area (Å²) >= 11 is 0. The molecule has 1 aliphatic rings. The number of carbonyl (C=O) groups is 1. The number of aromatic carboxylic acids is 1. The number of imidazole rings is 1. The average Bonchev–Trinajstić information content (AvgIpc) is 3.04. The first-order valence-electron chi connectivity index (χ1n) is 6.44. The van der Waals surface area contributed by atoms with Crippen molar-refractivity contribution in [1.82, 2.24) is 13.3 Å². The fraction of sp³-hybridized carbons (Fsp3) is 0.333. The molecule has 21 heavy (non-hydrogen) atoms. The second-order valence-corrected chi connectivity index (χ2v) is 6.60. The average molecular weight is 310 g/mol. The van der Waals surface area contributed by atoms with Crippen molar-refractivity contribution in [1.29, 1.82) is 0 Å². The van der Waals surface area contributed by atoms with Gasteiger partial charge in [-0.25, -0.2) is 9.78 Å². The molecule has 1 aromatic carbocycles.